The van der Waals surface area contributed by atoms with E-state index in [4.69, 9.17) is 0 Å². The minimum Gasteiger partial charge on any atom is -0.302 e. The minimum absolute atomic E-state index is 0.0942. The van der Waals surface area contributed by atoms with Gasteiger partial charge in [-0.05, 0) is 38.8 Å². The number of anilines is 1. The van der Waals surface area contributed by atoms with Gasteiger partial charge in [-0.3, -0.25) is 9.78 Å². The molecule has 3 heterocycles. The van der Waals surface area contributed by atoms with Crippen molar-refractivity contribution in [3.8, 4) is 11.4 Å². The Morgan fingerprint density at radius 2 is 1.93 bits per heavy atom. The summed E-state index contributed by atoms with van der Waals surface area (Å²) in [4.78, 5) is 22.2. The van der Waals surface area contributed by atoms with Crippen LogP contribution >= 0.6 is 23.1 Å². The second-order valence-corrected chi connectivity index (χ2v) is 9.47. The van der Waals surface area contributed by atoms with Crippen LogP contribution in [0.5, 0.6) is 0 Å². The molecule has 0 aliphatic rings. The molecule has 0 aliphatic heterocycles. The molecular weight excluding hydrogens is 392 g/mol. The second kappa shape index (κ2) is 8.83. The van der Waals surface area contributed by atoms with Crippen LogP contribution in [0.15, 0.2) is 29.7 Å². The smallest absolute Gasteiger partial charge is 0.239 e. The minimum atomic E-state index is -0.329. The molecule has 1 amide bonds. The fourth-order valence-corrected chi connectivity index (χ4v) is 4.24. The van der Waals surface area contributed by atoms with Crippen molar-refractivity contribution in [3.05, 3.63) is 35.1 Å². The van der Waals surface area contributed by atoms with Crippen LogP contribution in [0.3, 0.4) is 0 Å². The van der Waals surface area contributed by atoms with Gasteiger partial charge in [0.15, 0.2) is 16.1 Å². The van der Waals surface area contributed by atoms with Crippen LogP contribution in [0, 0.1) is 19.8 Å². The number of hydrogen-bond acceptors (Lipinski definition) is 7. The van der Waals surface area contributed by atoms with Gasteiger partial charge in [-0.25, -0.2) is 4.98 Å². The molecule has 1 N–H and O–H groups in total. The summed E-state index contributed by atoms with van der Waals surface area (Å²) in [6.45, 7) is 10.9. The number of hydrogen-bond donors (Lipinski definition) is 1. The van der Waals surface area contributed by atoms with E-state index < -0.39 is 0 Å². The highest BCUT2D eigenvalue weighted by molar-refractivity contribution is 8.00. The van der Waals surface area contributed by atoms with E-state index in [1.807, 2.05) is 32.9 Å². The van der Waals surface area contributed by atoms with Crippen molar-refractivity contribution < 1.29 is 4.79 Å². The molecule has 0 bridgehead atoms. The van der Waals surface area contributed by atoms with Gasteiger partial charge in [0.25, 0.3) is 0 Å². The van der Waals surface area contributed by atoms with E-state index in [9.17, 15) is 4.79 Å². The lowest BCUT2D eigenvalue weighted by Gasteiger charge is -2.14. The quantitative estimate of drug-likeness (QED) is 0.581. The normalized spacial score (nSPS) is 12.4. The van der Waals surface area contributed by atoms with Crippen LogP contribution in [0.25, 0.3) is 11.4 Å². The molecule has 7 nitrogen and oxygen atoms in total. The highest BCUT2D eigenvalue weighted by Crippen LogP contribution is 2.29. The monoisotopic (exact) mass is 416 g/mol. The summed E-state index contributed by atoms with van der Waals surface area (Å²) in [5, 5.41) is 12.7. The molecule has 1 atom stereocenters. The Balaban J connectivity index is 1.78. The summed E-state index contributed by atoms with van der Waals surface area (Å²) < 4.78 is 2.08. The van der Waals surface area contributed by atoms with Crippen molar-refractivity contribution in [1.29, 1.82) is 0 Å². The maximum atomic E-state index is 12.6. The molecule has 9 heteroatoms. The summed E-state index contributed by atoms with van der Waals surface area (Å²) >= 11 is 2.89. The highest BCUT2D eigenvalue weighted by Gasteiger charge is 2.22. The van der Waals surface area contributed by atoms with Crippen LogP contribution in [0.4, 0.5) is 5.13 Å². The van der Waals surface area contributed by atoms with Gasteiger partial charge in [0.1, 0.15) is 0 Å². The fraction of sp³-hybridized carbons (Fsp3) is 0.421. The SMILES string of the molecule is Cc1nc(NC(=O)C(C)Sc2nnc(-c3ccncc3)n2CC(C)C)sc1C. The number of amides is 1. The second-order valence-electron chi connectivity index (χ2n) is 6.96. The first-order chi connectivity index (χ1) is 13.3. The zero-order valence-electron chi connectivity index (χ0n) is 16.6. The maximum Gasteiger partial charge on any atom is 0.239 e. The van der Waals surface area contributed by atoms with Crippen LogP contribution in [-0.4, -0.2) is 35.9 Å². The summed E-state index contributed by atoms with van der Waals surface area (Å²) in [5.41, 5.74) is 1.90. The molecule has 3 aromatic rings. The van der Waals surface area contributed by atoms with E-state index in [1.165, 1.54) is 23.1 Å². The lowest BCUT2D eigenvalue weighted by atomic mass is 10.2. The van der Waals surface area contributed by atoms with Crippen molar-refractivity contribution in [3.63, 3.8) is 0 Å². The van der Waals surface area contributed by atoms with E-state index in [0.717, 1.165) is 33.7 Å². The van der Waals surface area contributed by atoms with Gasteiger partial charge in [0.2, 0.25) is 5.91 Å². The van der Waals surface area contributed by atoms with Crippen molar-refractivity contribution >= 4 is 34.1 Å². The predicted molar refractivity (Wildman–Crippen MR) is 114 cm³/mol. The molecule has 0 fully saturated rings. The number of pyridine rings is 1. The molecular formula is C19H24N6OS2. The molecule has 0 saturated carbocycles. The number of carbonyl (C=O) groups excluding carboxylic acids is 1. The van der Waals surface area contributed by atoms with Crippen molar-refractivity contribution in [2.45, 2.75) is 51.6 Å². The first kappa shape index (κ1) is 20.5. The predicted octanol–water partition coefficient (Wildman–Crippen LogP) is 4.19. The Morgan fingerprint density at radius 3 is 2.54 bits per heavy atom. The average Bonchev–Trinajstić information content (AvgIpc) is 3.18. The van der Waals surface area contributed by atoms with Gasteiger partial charge >= 0.3 is 0 Å². The largest absolute Gasteiger partial charge is 0.302 e. The van der Waals surface area contributed by atoms with Crippen LogP contribution in [-0.2, 0) is 11.3 Å². The van der Waals surface area contributed by atoms with Gasteiger partial charge < -0.3 is 9.88 Å². The Labute approximate surface area is 173 Å². The van der Waals surface area contributed by atoms with E-state index in [2.05, 4.69) is 43.9 Å². The van der Waals surface area contributed by atoms with Gasteiger partial charge in [0, 0.05) is 29.4 Å². The number of nitrogens with zero attached hydrogens (tertiary/aromatic N) is 5. The number of carbonyl (C=O) groups is 1. The number of aryl methyl sites for hydroxylation is 2. The molecule has 0 spiro atoms. The molecule has 0 aliphatic carbocycles. The number of nitrogens with one attached hydrogen (secondary N) is 1. The van der Waals surface area contributed by atoms with E-state index in [0.29, 0.717) is 11.0 Å². The number of thioether (sulfide) groups is 1. The molecule has 0 saturated heterocycles. The average molecular weight is 417 g/mol. The molecule has 0 radical (unpaired) electrons. The standard InChI is InChI=1S/C19H24N6OS2/c1-11(2)10-25-16(15-6-8-20-9-7-15)23-24-19(25)28-14(5)17(26)22-18-21-12(3)13(4)27-18/h6-9,11,14H,10H2,1-5H3,(H,21,22,26). The lowest BCUT2D eigenvalue weighted by Crippen LogP contribution is -2.23. The third-order valence-corrected chi connectivity index (χ3v) is 6.18. The summed E-state index contributed by atoms with van der Waals surface area (Å²) in [6, 6.07) is 3.83. The Hall–Kier alpha value is -2.26. The molecule has 0 aromatic carbocycles. The van der Waals surface area contributed by atoms with Gasteiger partial charge in [-0.1, -0.05) is 25.6 Å². The topological polar surface area (TPSA) is 85.6 Å². The summed E-state index contributed by atoms with van der Waals surface area (Å²) in [6.07, 6.45) is 3.48. The Kier molecular flexibility index (Phi) is 6.46. The molecule has 3 rings (SSSR count). The summed E-state index contributed by atoms with van der Waals surface area (Å²) in [7, 11) is 0. The van der Waals surface area contributed by atoms with Crippen LogP contribution < -0.4 is 5.32 Å². The van der Waals surface area contributed by atoms with Crippen LogP contribution in [0.1, 0.15) is 31.3 Å². The van der Waals surface area contributed by atoms with Crippen LogP contribution in [0.2, 0.25) is 0 Å². The third kappa shape index (κ3) is 4.77. The van der Waals surface area contributed by atoms with Gasteiger partial charge in [-0.15, -0.1) is 21.5 Å². The fourth-order valence-electron chi connectivity index (χ4n) is 2.57. The number of rotatable bonds is 7. The van der Waals surface area contributed by atoms with E-state index in [-0.39, 0.29) is 11.2 Å². The van der Waals surface area contributed by atoms with Crippen molar-refractivity contribution in [1.82, 2.24) is 24.7 Å². The molecule has 3 aromatic heterocycles. The Bertz CT molecular complexity index is 931. The molecule has 28 heavy (non-hydrogen) atoms. The molecule has 1 unspecified atom stereocenters. The van der Waals surface area contributed by atoms with Gasteiger partial charge in [0.05, 0.1) is 10.9 Å². The zero-order valence-corrected chi connectivity index (χ0v) is 18.3. The first-order valence-corrected chi connectivity index (χ1v) is 10.8. The van der Waals surface area contributed by atoms with Crippen molar-refractivity contribution in [2.75, 3.05) is 5.32 Å². The summed E-state index contributed by atoms with van der Waals surface area (Å²) in [5.74, 6) is 1.11. The third-order valence-electron chi connectivity index (χ3n) is 4.11. The van der Waals surface area contributed by atoms with Crippen molar-refractivity contribution in [2.24, 2.45) is 5.92 Å². The lowest BCUT2D eigenvalue weighted by molar-refractivity contribution is -0.115. The maximum absolute atomic E-state index is 12.6. The Morgan fingerprint density at radius 1 is 1.21 bits per heavy atom. The van der Waals surface area contributed by atoms with E-state index >= 15 is 0 Å². The first-order valence-electron chi connectivity index (χ1n) is 9.10. The number of thiazole rings is 1. The number of aromatic nitrogens is 5. The van der Waals surface area contributed by atoms with E-state index in [1.54, 1.807) is 12.4 Å². The molecule has 148 valence electrons. The zero-order chi connectivity index (χ0) is 20.3. The highest BCUT2D eigenvalue weighted by atomic mass is 32.2. The van der Waals surface area contributed by atoms with Gasteiger partial charge in [-0.2, -0.15) is 0 Å².